The highest BCUT2D eigenvalue weighted by Crippen LogP contribution is 2.09. The lowest BCUT2D eigenvalue weighted by Crippen LogP contribution is -2.25. The summed E-state index contributed by atoms with van der Waals surface area (Å²) in [6.45, 7) is 2.27. The van der Waals surface area contributed by atoms with Crippen molar-refractivity contribution in [2.45, 2.75) is 13.3 Å². The minimum Gasteiger partial charge on any atom is -0.469 e. The number of carbonyl (C=O) groups excluding carboxylic acids is 2. The average molecular weight is 287 g/mol. The molecular formula is C16H17NO4. The molecule has 0 radical (unpaired) electrons. The molecule has 0 aliphatic carbocycles. The molecule has 0 unspecified atom stereocenters. The zero-order chi connectivity index (χ0) is 15.2. The molecule has 0 fully saturated rings. The summed E-state index contributed by atoms with van der Waals surface area (Å²) in [7, 11) is 1.35. The van der Waals surface area contributed by atoms with E-state index in [0.717, 1.165) is 5.56 Å². The number of methoxy groups -OCH3 is 1. The van der Waals surface area contributed by atoms with Gasteiger partial charge in [-0.05, 0) is 37.1 Å². The van der Waals surface area contributed by atoms with Crippen molar-refractivity contribution in [1.29, 1.82) is 0 Å². The summed E-state index contributed by atoms with van der Waals surface area (Å²) in [5.74, 6) is 0.104. The zero-order valence-corrected chi connectivity index (χ0v) is 12.0. The first-order valence-electron chi connectivity index (χ1n) is 6.61. The summed E-state index contributed by atoms with van der Waals surface area (Å²) in [6.07, 6.45) is 2.18. The maximum absolute atomic E-state index is 11.9. The fraction of sp³-hybridized carbons (Fsp3) is 0.250. The number of benzene rings is 1. The van der Waals surface area contributed by atoms with Crippen LogP contribution in [0.15, 0.2) is 41.0 Å². The topological polar surface area (TPSA) is 68.5 Å². The Morgan fingerprint density at radius 2 is 1.90 bits per heavy atom. The molecule has 1 amide bonds. The van der Waals surface area contributed by atoms with Gasteiger partial charge in [-0.25, -0.2) is 4.79 Å². The van der Waals surface area contributed by atoms with Gasteiger partial charge in [0.1, 0.15) is 5.76 Å². The molecule has 0 aliphatic heterocycles. The molecule has 0 spiro atoms. The van der Waals surface area contributed by atoms with E-state index in [1.165, 1.54) is 13.4 Å². The molecule has 2 aromatic rings. The van der Waals surface area contributed by atoms with E-state index < -0.39 is 0 Å². The van der Waals surface area contributed by atoms with Crippen molar-refractivity contribution in [2.24, 2.45) is 0 Å². The van der Waals surface area contributed by atoms with Gasteiger partial charge in [-0.3, -0.25) is 4.79 Å². The fourth-order valence-corrected chi connectivity index (χ4v) is 1.96. The van der Waals surface area contributed by atoms with E-state index in [2.05, 4.69) is 10.1 Å². The summed E-state index contributed by atoms with van der Waals surface area (Å²) >= 11 is 0. The van der Waals surface area contributed by atoms with Crippen LogP contribution in [0.3, 0.4) is 0 Å². The highest BCUT2D eigenvalue weighted by atomic mass is 16.5. The molecule has 5 heteroatoms. The van der Waals surface area contributed by atoms with Gasteiger partial charge in [0.05, 0.1) is 24.5 Å². The number of furan rings is 1. The lowest BCUT2D eigenvalue weighted by atomic mass is 10.1. The number of rotatable bonds is 5. The fourth-order valence-electron chi connectivity index (χ4n) is 1.96. The number of hydrogen-bond acceptors (Lipinski definition) is 4. The number of nitrogens with one attached hydrogen (secondary N) is 1. The van der Waals surface area contributed by atoms with Crippen LogP contribution in [-0.4, -0.2) is 25.5 Å². The quantitative estimate of drug-likeness (QED) is 0.857. The molecule has 2 rings (SSSR count). The van der Waals surface area contributed by atoms with Crippen molar-refractivity contribution in [2.75, 3.05) is 13.7 Å². The molecule has 110 valence electrons. The van der Waals surface area contributed by atoms with Gasteiger partial charge in [-0.2, -0.15) is 0 Å². The lowest BCUT2D eigenvalue weighted by Gasteiger charge is -2.05. The second-order valence-electron chi connectivity index (χ2n) is 4.58. The predicted octanol–water partition coefficient (Wildman–Crippen LogP) is 2.35. The number of amides is 1. The Balaban J connectivity index is 1.85. The van der Waals surface area contributed by atoms with Gasteiger partial charge >= 0.3 is 5.97 Å². The van der Waals surface area contributed by atoms with Crippen LogP contribution in [0, 0.1) is 6.92 Å². The minimum absolute atomic E-state index is 0.146. The zero-order valence-electron chi connectivity index (χ0n) is 12.0. The van der Waals surface area contributed by atoms with Crippen molar-refractivity contribution in [3.05, 3.63) is 59.0 Å². The summed E-state index contributed by atoms with van der Waals surface area (Å²) < 4.78 is 9.73. The largest absolute Gasteiger partial charge is 0.469 e. The number of ether oxygens (including phenoxy) is 1. The summed E-state index contributed by atoms with van der Waals surface area (Å²) in [5.41, 5.74) is 2.10. The van der Waals surface area contributed by atoms with Crippen LogP contribution in [0.25, 0.3) is 0 Å². The molecule has 1 aromatic carbocycles. The van der Waals surface area contributed by atoms with Gasteiger partial charge in [0.15, 0.2) is 0 Å². The molecule has 1 aromatic heterocycles. The molecule has 1 N–H and O–H groups in total. The number of carbonyl (C=O) groups is 2. The van der Waals surface area contributed by atoms with Crippen molar-refractivity contribution in [3.8, 4) is 0 Å². The van der Waals surface area contributed by atoms with Crippen LogP contribution >= 0.6 is 0 Å². The Labute approximate surface area is 122 Å². The van der Waals surface area contributed by atoms with E-state index in [1.54, 1.807) is 25.1 Å². The molecule has 0 aliphatic rings. The highest BCUT2D eigenvalue weighted by Gasteiger charge is 2.10. The first-order valence-corrected chi connectivity index (χ1v) is 6.61. The Morgan fingerprint density at radius 1 is 1.19 bits per heavy atom. The van der Waals surface area contributed by atoms with Crippen molar-refractivity contribution in [3.63, 3.8) is 0 Å². The van der Waals surface area contributed by atoms with Gasteiger partial charge in [-0.15, -0.1) is 0 Å². The van der Waals surface area contributed by atoms with Crippen LogP contribution in [0.1, 0.15) is 32.0 Å². The van der Waals surface area contributed by atoms with Crippen LogP contribution < -0.4 is 5.32 Å². The summed E-state index contributed by atoms with van der Waals surface area (Å²) in [5, 5.41) is 2.83. The molecule has 0 saturated heterocycles. The predicted molar refractivity (Wildman–Crippen MR) is 77.3 cm³/mol. The molecule has 0 atom stereocenters. The van der Waals surface area contributed by atoms with Gasteiger partial charge in [0, 0.05) is 6.54 Å². The van der Waals surface area contributed by atoms with Crippen LogP contribution in [0.4, 0.5) is 0 Å². The Kier molecular flexibility index (Phi) is 4.77. The molecule has 1 heterocycles. The van der Waals surface area contributed by atoms with E-state index in [1.807, 2.05) is 12.1 Å². The maximum atomic E-state index is 11.9. The Hall–Kier alpha value is -2.56. The normalized spacial score (nSPS) is 10.2. The van der Waals surface area contributed by atoms with E-state index in [-0.39, 0.29) is 11.9 Å². The Morgan fingerprint density at radius 3 is 2.48 bits per heavy atom. The molecule has 0 bridgehead atoms. The third kappa shape index (κ3) is 3.72. The smallest absolute Gasteiger partial charge is 0.337 e. The van der Waals surface area contributed by atoms with E-state index in [4.69, 9.17) is 4.42 Å². The number of hydrogen-bond donors (Lipinski definition) is 1. The van der Waals surface area contributed by atoms with Gasteiger partial charge in [-0.1, -0.05) is 12.1 Å². The van der Waals surface area contributed by atoms with E-state index in [0.29, 0.717) is 29.9 Å². The summed E-state index contributed by atoms with van der Waals surface area (Å²) in [6, 6.07) is 8.77. The van der Waals surface area contributed by atoms with Crippen molar-refractivity contribution in [1.82, 2.24) is 5.32 Å². The highest BCUT2D eigenvalue weighted by molar-refractivity contribution is 5.95. The summed E-state index contributed by atoms with van der Waals surface area (Å²) in [4.78, 5) is 23.2. The average Bonchev–Trinajstić information content (AvgIpc) is 2.93. The van der Waals surface area contributed by atoms with E-state index >= 15 is 0 Å². The van der Waals surface area contributed by atoms with Crippen molar-refractivity contribution < 1.29 is 18.7 Å². The third-order valence-corrected chi connectivity index (χ3v) is 3.18. The molecular weight excluding hydrogens is 270 g/mol. The number of aryl methyl sites for hydroxylation is 1. The SMILES string of the molecule is COC(=O)c1ccc(CCNC(=O)c2ccoc2C)cc1. The standard InChI is InChI=1S/C16H17NO4/c1-11-14(8-10-21-11)15(18)17-9-7-12-3-5-13(6-4-12)16(19)20-2/h3-6,8,10H,7,9H2,1-2H3,(H,17,18). The van der Waals surface area contributed by atoms with Crippen LogP contribution in [0.2, 0.25) is 0 Å². The molecule has 0 saturated carbocycles. The monoisotopic (exact) mass is 287 g/mol. The number of esters is 1. The maximum Gasteiger partial charge on any atom is 0.337 e. The second-order valence-corrected chi connectivity index (χ2v) is 4.58. The van der Waals surface area contributed by atoms with Gasteiger partial charge in [0.2, 0.25) is 0 Å². The molecule has 5 nitrogen and oxygen atoms in total. The lowest BCUT2D eigenvalue weighted by molar-refractivity contribution is 0.0600. The van der Waals surface area contributed by atoms with Crippen LogP contribution in [-0.2, 0) is 11.2 Å². The van der Waals surface area contributed by atoms with Gasteiger partial charge < -0.3 is 14.5 Å². The van der Waals surface area contributed by atoms with Crippen LogP contribution in [0.5, 0.6) is 0 Å². The second kappa shape index (κ2) is 6.74. The Bertz CT molecular complexity index is 628. The first kappa shape index (κ1) is 14.8. The molecule has 21 heavy (non-hydrogen) atoms. The third-order valence-electron chi connectivity index (χ3n) is 3.18. The minimum atomic E-state index is -0.356. The van der Waals surface area contributed by atoms with E-state index in [9.17, 15) is 9.59 Å². The van der Waals surface area contributed by atoms with Crippen molar-refractivity contribution >= 4 is 11.9 Å². The first-order chi connectivity index (χ1) is 10.1. The van der Waals surface area contributed by atoms with Gasteiger partial charge in [0.25, 0.3) is 5.91 Å².